The Labute approximate surface area is 182 Å². The molecule has 32 heavy (non-hydrogen) atoms. The lowest BCUT2D eigenvalue weighted by Crippen LogP contribution is -2.40. The van der Waals surface area contributed by atoms with Crippen LogP contribution < -0.4 is 5.32 Å². The van der Waals surface area contributed by atoms with Crippen LogP contribution in [0.3, 0.4) is 0 Å². The molecule has 18 nitrogen and oxygen atoms in total. The van der Waals surface area contributed by atoms with Gasteiger partial charge in [0.1, 0.15) is 30.9 Å². The monoisotopic (exact) mass is 573 g/mol. The average Bonchev–Trinajstić information content (AvgIpc) is 2.42. The van der Waals surface area contributed by atoms with Crippen LogP contribution in [-0.4, -0.2) is 109 Å². The lowest BCUT2D eigenvalue weighted by molar-refractivity contribution is 0.257. The van der Waals surface area contributed by atoms with Gasteiger partial charge in [-0.05, 0) is 6.42 Å². The van der Waals surface area contributed by atoms with Gasteiger partial charge in [-0.1, -0.05) is 0 Å². The quantitative estimate of drug-likeness (QED) is 0.0858. The van der Waals surface area contributed by atoms with Crippen LogP contribution in [0.1, 0.15) is 6.42 Å². The minimum Gasteiger partial charge on any atom is -0.324 e. The molecule has 0 rings (SSSR count). The second kappa shape index (κ2) is 12.5. The van der Waals surface area contributed by atoms with Crippen molar-refractivity contribution in [1.29, 1.82) is 0 Å². The number of hydrogen-bond acceptors (Lipinski definition) is 8. The Morgan fingerprint density at radius 3 is 1.16 bits per heavy atom. The fourth-order valence-electron chi connectivity index (χ4n) is 2.50. The third kappa shape index (κ3) is 19.0. The first-order valence-electron chi connectivity index (χ1n) is 8.38. The molecule has 0 aromatic heterocycles. The first-order valence-corrected chi connectivity index (χ1v) is 17.3. The molecule has 0 bridgehead atoms. The zero-order valence-corrected chi connectivity index (χ0v) is 20.9. The summed E-state index contributed by atoms with van der Waals surface area (Å²) in [4.78, 5) is 92.2. The van der Waals surface area contributed by atoms with Gasteiger partial charge in [0.25, 0.3) is 0 Å². The average molecular weight is 573 g/mol. The molecular weight excluding hydrogens is 545 g/mol. The Bertz CT molecular complexity index is 776. The number of rotatable bonds is 16. The van der Waals surface area contributed by atoms with E-state index in [9.17, 15) is 32.6 Å². The molecule has 0 amide bonds. The number of hydrogen-bond donors (Lipinski definition) is 11. The van der Waals surface area contributed by atoms with E-state index in [2.05, 4.69) is 5.32 Å². The van der Waals surface area contributed by atoms with Crippen LogP contribution >= 0.6 is 38.0 Å². The van der Waals surface area contributed by atoms with Crippen molar-refractivity contribution in [2.45, 2.75) is 12.2 Å². The predicted octanol–water partition coefficient (Wildman–Crippen LogP) is -2.39. The Kier molecular flexibility index (Phi) is 12.8. The van der Waals surface area contributed by atoms with Crippen LogP contribution in [0.25, 0.3) is 0 Å². The van der Waals surface area contributed by atoms with Gasteiger partial charge in [0.2, 0.25) is 0 Å². The third-order valence-corrected chi connectivity index (χ3v) is 7.80. The van der Waals surface area contributed by atoms with Crippen molar-refractivity contribution in [3.05, 3.63) is 0 Å². The highest BCUT2D eigenvalue weighted by Crippen LogP contribution is 2.44. The molecule has 0 aliphatic rings. The lowest BCUT2D eigenvalue weighted by atomic mass is 10.4. The van der Waals surface area contributed by atoms with Crippen molar-refractivity contribution in [2.24, 2.45) is 0 Å². The summed E-state index contributed by atoms with van der Waals surface area (Å²) in [6.45, 7) is -1.44. The fourth-order valence-corrected chi connectivity index (χ4v) is 6.68. The summed E-state index contributed by atoms with van der Waals surface area (Å²) >= 11 is 0. The molecule has 0 radical (unpaired) electrons. The molecule has 1 atom stereocenters. The van der Waals surface area contributed by atoms with Gasteiger partial charge in [-0.15, -0.1) is 0 Å². The van der Waals surface area contributed by atoms with Crippen molar-refractivity contribution < 1.29 is 71.8 Å². The molecule has 0 aromatic rings. The minimum atomic E-state index is -4.93. The maximum absolute atomic E-state index is 11.7. The van der Waals surface area contributed by atoms with Gasteiger partial charge in [0.05, 0.1) is 0 Å². The van der Waals surface area contributed by atoms with E-state index in [1.165, 1.54) is 0 Å². The van der Waals surface area contributed by atoms with Crippen molar-refractivity contribution in [1.82, 2.24) is 15.1 Å². The van der Waals surface area contributed by atoms with Crippen LogP contribution in [0.15, 0.2) is 0 Å². The standard InChI is InChI=1S/C9H28N3O15P5/c13-28(14,15)5-11(6-29(16,17)18)3-1-9(32(25,26)27)10-2-4-12(7-30(19,20)21)8-31(22,23)24/h9-10H,1-8H2,(H2,13,14,15)(H2,16,17,18)(H2,19,20,21)(H2,22,23,24)(H2,25,26,27). The highest BCUT2D eigenvalue weighted by atomic mass is 31.2. The van der Waals surface area contributed by atoms with E-state index in [0.717, 1.165) is 0 Å². The summed E-state index contributed by atoms with van der Waals surface area (Å²) in [5.74, 6) is -1.70. The van der Waals surface area contributed by atoms with Crippen molar-refractivity contribution in [3.63, 3.8) is 0 Å². The van der Waals surface area contributed by atoms with Gasteiger partial charge in [-0.2, -0.15) is 0 Å². The number of nitrogens with zero attached hydrogens (tertiary/aromatic N) is 2. The summed E-state index contributed by atoms with van der Waals surface area (Å²) in [6, 6.07) is 0. The molecule has 0 fully saturated rings. The van der Waals surface area contributed by atoms with E-state index in [4.69, 9.17) is 39.1 Å². The Balaban J connectivity index is 5.20. The molecule has 11 N–H and O–H groups in total. The third-order valence-electron chi connectivity index (χ3n) is 3.47. The zero-order valence-electron chi connectivity index (χ0n) is 16.4. The smallest absolute Gasteiger partial charge is 0.324 e. The van der Waals surface area contributed by atoms with Gasteiger partial charge in [-0.25, -0.2) is 0 Å². The van der Waals surface area contributed by atoms with E-state index < -0.39 is 95.0 Å². The van der Waals surface area contributed by atoms with E-state index in [1.807, 2.05) is 0 Å². The van der Waals surface area contributed by atoms with Gasteiger partial charge < -0.3 is 54.3 Å². The molecular formula is C9H28N3O15P5. The number of nitrogens with one attached hydrogen (secondary N) is 1. The normalized spacial score (nSPS) is 15.5. The SMILES string of the molecule is O=P(O)(O)CN(CCNC(CCN(CP(=O)(O)O)CP(=O)(O)O)P(=O)(O)O)CP(=O)(O)O. The molecule has 0 saturated heterocycles. The second-order valence-electron chi connectivity index (χ2n) is 6.86. The maximum Gasteiger partial charge on any atom is 0.342 e. The molecule has 0 heterocycles. The van der Waals surface area contributed by atoms with Crippen molar-refractivity contribution >= 4 is 38.0 Å². The Morgan fingerprint density at radius 2 is 0.875 bits per heavy atom. The molecule has 0 aliphatic carbocycles. The molecule has 23 heteroatoms. The first kappa shape index (κ1) is 32.6. The van der Waals surface area contributed by atoms with Gasteiger partial charge in [0, 0.05) is 19.6 Å². The Hall–Kier alpha value is 0.630. The van der Waals surface area contributed by atoms with E-state index in [1.54, 1.807) is 0 Å². The van der Waals surface area contributed by atoms with Crippen LogP contribution in [0, 0.1) is 0 Å². The van der Waals surface area contributed by atoms with Crippen molar-refractivity contribution in [3.8, 4) is 0 Å². The molecule has 0 saturated carbocycles. The summed E-state index contributed by atoms with van der Waals surface area (Å²) in [5, 5.41) is 2.32. The molecule has 0 spiro atoms. The predicted molar refractivity (Wildman–Crippen MR) is 110 cm³/mol. The molecule has 0 aromatic carbocycles. The second-order valence-corrected chi connectivity index (χ2v) is 15.1. The van der Waals surface area contributed by atoms with Gasteiger partial charge in [0.15, 0.2) is 0 Å². The minimum absolute atomic E-state index is 0.424. The topological polar surface area (TPSA) is 306 Å². The fraction of sp³-hybridized carbons (Fsp3) is 1.00. The van der Waals surface area contributed by atoms with E-state index in [0.29, 0.717) is 9.80 Å². The van der Waals surface area contributed by atoms with E-state index >= 15 is 0 Å². The summed E-state index contributed by atoms with van der Waals surface area (Å²) in [7, 11) is -23.9. The van der Waals surface area contributed by atoms with Gasteiger partial charge in [-0.3, -0.25) is 32.6 Å². The molecule has 194 valence electrons. The largest absolute Gasteiger partial charge is 0.342 e. The highest BCUT2D eigenvalue weighted by molar-refractivity contribution is 7.53. The zero-order chi connectivity index (χ0) is 25.6. The summed E-state index contributed by atoms with van der Waals surface area (Å²) < 4.78 is 56.2. The van der Waals surface area contributed by atoms with E-state index in [-0.39, 0.29) is 0 Å². The van der Waals surface area contributed by atoms with Crippen LogP contribution in [-0.2, 0) is 22.8 Å². The first-order chi connectivity index (χ1) is 14.0. The van der Waals surface area contributed by atoms with Crippen molar-refractivity contribution in [2.75, 3.05) is 44.8 Å². The van der Waals surface area contributed by atoms with Gasteiger partial charge >= 0.3 is 38.0 Å². The summed E-state index contributed by atoms with van der Waals surface area (Å²) in [6.07, 6.45) is -4.83. The van der Waals surface area contributed by atoms with Crippen LogP contribution in [0.4, 0.5) is 0 Å². The summed E-state index contributed by atoms with van der Waals surface area (Å²) in [5.41, 5.74) is 0. The molecule has 0 aliphatic heterocycles. The molecule has 1 unspecified atom stereocenters. The lowest BCUT2D eigenvalue weighted by Gasteiger charge is -2.27. The van der Waals surface area contributed by atoms with Crippen LogP contribution in [0.5, 0.6) is 0 Å². The maximum atomic E-state index is 11.7. The van der Waals surface area contributed by atoms with Crippen LogP contribution in [0.2, 0.25) is 0 Å². The highest BCUT2D eigenvalue weighted by Gasteiger charge is 2.32. The Morgan fingerprint density at radius 1 is 0.562 bits per heavy atom.